The van der Waals surface area contributed by atoms with Crippen molar-refractivity contribution in [2.45, 2.75) is 20.8 Å². The molecular weight excluding hydrogens is 314 g/mol. The number of amides is 1. The second-order valence-electron chi connectivity index (χ2n) is 4.82. The van der Waals surface area contributed by atoms with Gasteiger partial charge < -0.3 is 5.32 Å². The van der Waals surface area contributed by atoms with Gasteiger partial charge in [-0.3, -0.25) is 10.1 Å². The molecule has 22 heavy (non-hydrogen) atoms. The van der Waals surface area contributed by atoms with Gasteiger partial charge in [-0.15, -0.1) is 11.3 Å². The molecule has 1 aromatic carbocycles. The number of nitriles is 1. The van der Waals surface area contributed by atoms with E-state index in [0.717, 1.165) is 16.0 Å². The number of aryl methyl sites for hydroxylation is 2. The molecule has 1 amide bonds. The maximum Gasteiger partial charge on any atom is 0.257 e. The molecule has 2 aromatic rings. The third-order valence-electron chi connectivity index (χ3n) is 3.34. The third kappa shape index (κ3) is 3.32. The lowest BCUT2D eigenvalue weighted by Gasteiger charge is -2.09. The molecule has 1 heterocycles. The predicted octanol–water partition coefficient (Wildman–Crippen LogP) is 3.67. The molecule has 0 aliphatic rings. The number of thiocarbonyl (C=S) groups is 1. The Balaban J connectivity index is 2.12. The van der Waals surface area contributed by atoms with Gasteiger partial charge in [-0.2, -0.15) is 5.26 Å². The Bertz CT molecular complexity index is 787. The van der Waals surface area contributed by atoms with Gasteiger partial charge in [0.05, 0.1) is 5.56 Å². The molecule has 1 aromatic heterocycles. The highest BCUT2D eigenvalue weighted by Crippen LogP contribution is 2.31. The number of benzene rings is 1. The summed E-state index contributed by atoms with van der Waals surface area (Å²) in [7, 11) is 0. The molecule has 112 valence electrons. The quantitative estimate of drug-likeness (QED) is 0.825. The summed E-state index contributed by atoms with van der Waals surface area (Å²) in [6.45, 7) is 5.71. The van der Waals surface area contributed by atoms with Gasteiger partial charge in [-0.25, -0.2) is 0 Å². The molecule has 0 unspecified atom stereocenters. The van der Waals surface area contributed by atoms with Crippen LogP contribution in [0.2, 0.25) is 0 Å². The minimum Gasteiger partial charge on any atom is -0.323 e. The van der Waals surface area contributed by atoms with E-state index in [-0.39, 0.29) is 11.0 Å². The molecule has 0 saturated carbocycles. The first kappa shape index (κ1) is 16.1. The number of carbonyl (C=O) groups is 1. The van der Waals surface area contributed by atoms with Crippen LogP contribution < -0.4 is 10.6 Å². The van der Waals surface area contributed by atoms with Gasteiger partial charge in [0.25, 0.3) is 5.91 Å². The van der Waals surface area contributed by atoms with Gasteiger partial charge in [-0.05, 0) is 50.2 Å². The van der Waals surface area contributed by atoms with Crippen LogP contribution in [-0.2, 0) is 0 Å². The van der Waals surface area contributed by atoms with Gasteiger partial charge in [0.1, 0.15) is 11.1 Å². The molecule has 0 bridgehead atoms. The molecule has 0 aliphatic carbocycles. The lowest BCUT2D eigenvalue weighted by Crippen LogP contribution is -2.34. The normalized spacial score (nSPS) is 9.91. The lowest BCUT2D eigenvalue weighted by atomic mass is 10.1. The first-order chi connectivity index (χ1) is 10.4. The van der Waals surface area contributed by atoms with Crippen LogP contribution in [-0.4, -0.2) is 11.0 Å². The van der Waals surface area contributed by atoms with E-state index < -0.39 is 0 Å². The first-order valence-electron chi connectivity index (χ1n) is 6.62. The standard InChI is InChI=1S/C16H15N3OS2/c1-9-6-4-5-7-12(9)14(20)18-16(21)19-15-13(8-17)10(2)11(3)22-15/h4-7H,1-3H3,(H2,18,19,20,21). The summed E-state index contributed by atoms with van der Waals surface area (Å²) < 4.78 is 0. The summed E-state index contributed by atoms with van der Waals surface area (Å²) in [5.41, 5.74) is 2.95. The maximum atomic E-state index is 12.2. The smallest absolute Gasteiger partial charge is 0.257 e. The number of hydrogen-bond acceptors (Lipinski definition) is 4. The Morgan fingerprint density at radius 3 is 2.59 bits per heavy atom. The van der Waals surface area contributed by atoms with Crippen molar-refractivity contribution in [2.24, 2.45) is 0 Å². The van der Waals surface area contributed by atoms with Crippen molar-refractivity contribution >= 4 is 39.6 Å². The average molecular weight is 329 g/mol. The zero-order valence-electron chi connectivity index (χ0n) is 12.5. The van der Waals surface area contributed by atoms with Gasteiger partial charge >= 0.3 is 0 Å². The van der Waals surface area contributed by atoms with Crippen molar-refractivity contribution in [1.29, 1.82) is 5.26 Å². The van der Waals surface area contributed by atoms with Crippen LogP contribution in [0.4, 0.5) is 5.00 Å². The molecule has 2 rings (SSSR count). The van der Waals surface area contributed by atoms with E-state index in [1.165, 1.54) is 11.3 Å². The monoisotopic (exact) mass is 329 g/mol. The summed E-state index contributed by atoms with van der Waals surface area (Å²) in [6, 6.07) is 9.45. The Labute approximate surface area is 138 Å². The van der Waals surface area contributed by atoms with Crippen LogP contribution in [0.15, 0.2) is 24.3 Å². The number of rotatable bonds is 2. The van der Waals surface area contributed by atoms with Gasteiger partial charge in [0, 0.05) is 10.4 Å². The maximum absolute atomic E-state index is 12.2. The van der Waals surface area contributed by atoms with Crippen molar-refractivity contribution in [1.82, 2.24) is 5.32 Å². The van der Waals surface area contributed by atoms with E-state index in [0.29, 0.717) is 16.1 Å². The summed E-state index contributed by atoms with van der Waals surface area (Å²) in [5, 5.41) is 15.6. The zero-order chi connectivity index (χ0) is 16.3. The topological polar surface area (TPSA) is 64.9 Å². The summed E-state index contributed by atoms with van der Waals surface area (Å²) in [4.78, 5) is 13.2. The molecule has 0 radical (unpaired) electrons. The van der Waals surface area contributed by atoms with Crippen molar-refractivity contribution in [3.8, 4) is 6.07 Å². The number of anilines is 1. The number of hydrogen-bond donors (Lipinski definition) is 2. The number of thiophene rings is 1. The van der Waals surface area contributed by atoms with E-state index in [2.05, 4.69) is 16.7 Å². The molecule has 0 saturated heterocycles. The first-order valence-corrected chi connectivity index (χ1v) is 7.84. The molecule has 0 fully saturated rings. The van der Waals surface area contributed by atoms with Crippen LogP contribution in [0.1, 0.15) is 31.9 Å². The van der Waals surface area contributed by atoms with Gasteiger partial charge in [0.2, 0.25) is 0 Å². The summed E-state index contributed by atoms with van der Waals surface area (Å²) >= 11 is 6.62. The molecule has 0 spiro atoms. The van der Waals surface area contributed by atoms with E-state index in [1.807, 2.05) is 32.9 Å². The molecule has 2 N–H and O–H groups in total. The van der Waals surface area contributed by atoms with Crippen LogP contribution in [0.3, 0.4) is 0 Å². The van der Waals surface area contributed by atoms with Crippen molar-refractivity contribution < 1.29 is 4.79 Å². The van der Waals surface area contributed by atoms with Crippen LogP contribution in [0.25, 0.3) is 0 Å². The molecule has 0 atom stereocenters. The van der Waals surface area contributed by atoms with Gasteiger partial charge in [-0.1, -0.05) is 18.2 Å². The van der Waals surface area contributed by atoms with Crippen molar-refractivity contribution in [3.63, 3.8) is 0 Å². The SMILES string of the molecule is Cc1ccccc1C(=O)NC(=S)Nc1sc(C)c(C)c1C#N. The Hall–Kier alpha value is -2.23. The second-order valence-corrected chi connectivity index (χ2v) is 6.46. The lowest BCUT2D eigenvalue weighted by molar-refractivity contribution is 0.0977. The Morgan fingerprint density at radius 1 is 1.27 bits per heavy atom. The zero-order valence-corrected chi connectivity index (χ0v) is 14.1. The molecule has 6 heteroatoms. The Morgan fingerprint density at radius 2 is 1.95 bits per heavy atom. The molecule has 0 aliphatic heterocycles. The Kier molecular flexibility index (Phi) is 4.91. The largest absolute Gasteiger partial charge is 0.323 e. The fourth-order valence-corrected chi connectivity index (χ4v) is 3.26. The van der Waals surface area contributed by atoms with Crippen LogP contribution in [0.5, 0.6) is 0 Å². The minimum absolute atomic E-state index is 0.186. The van der Waals surface area contributed by atoms with Crippen molar-refractivity contribution in [2.75, 3.05) is 5.32 Å². The highest BCUT2D eigenvalue weighted by atomic mass is 32.1. The second kappa shape index (κ2) is 6.69. The van der Waals surface area contributed by atoms with E-state index in [9.17, 15) is 10.1 Å². The van der Waals surface area contributed by atoms with E-state index in [1.54, 1.807) is 12.1 Å². The summed E-state index contributed by atoms with van der Waals surface area (Å²) in [5.74, 6) is -0.265. The number of nitrogens with one attached hydrogen (secondary N) is 2. The molecule has 4 nitrogen and oxygen atoms in total. The average Bonchev–Trinajstić information content (AvgIpc) is 2.73. The third-order valence-corrected chi connectivity index (χ3v) is 4.67. The predicted molar refractivity (Wildman–Crippen MR) is 93.4 cm³/mol. The van der Waals surface area contributed by atoms with Crippen LogP contribution >= 0.6 is 23.6 Å². The number of carbonyl (C=O) groups excluding carboxylic acids is 1. The van der Waals surface area contributed by atoms with Crippen LogP contribution in [0, 0.1) is 32.1 Å². The summed E-state index contributed by atoms with van der Waals surface area (Å²) in [6.07, 6.45) is 0. The van der Waals surface area contributed by atoms with Crippen molar-refractivity contribution in [3.05, 3.63) is 51.4 Å². The number of nitrogens with zero attached hydrogens (tertiary/aromatic N) is 1. The van der Waals surface area contributed by atoms with E-state index >= 15 is 0 Å². The minimum atomic E-state index is -0.265. The fraction of sp³-hybridized carbons (Fsp3) is 0.188. The van der Waals surface area contributed by atoms with E-state index in [4.69, 9.17) is 12.2 Å². The highest BCUT2D eigenvalue weighted by molar-refractivity contribution is 7.80. The highest BCUT2D eigenvalue weighted by Gasteiger charge is 2.15. The molecular formula is C16H15N3OS2. The fourth-order valence-electron chi connectivity index (χ4n) is 1.98. The van der Waals surface area contributed by atoms with Gasteiger partial charge in [0.15, 0.2) is 5.11 Å².